The second-order valence-corrected chi connectivity index (χ2v) is 4.91. The van der Waals surface area contributed by atoms with Crippen LogP contribution in [-0.4, -0.2) is 40.6 Å². The number of rotatable bonds is 3. The Balaban J connectivity index is 1.90. The van der Waals surface area contributed by atoms with Crippen LogP contribution in [-0.2, 0) is 4.79 Å². The highest BCUT2D eigenvalue weighted by Crippen LogP contribution is 2.20. The molecule has 0 saturated carbocycles. The van der Waals surface area contributed by atoms with Crippen molar-refractivity contribution in [3.63, 3.8) is 0 Å². The minimum Gasteiger partial charge on any atom is -0.373 e. The second-order valence-electron chi connectivity index (χ2n) is 4.17. The van der Waals surface area contributed by atoms with Crippen molar-refractivity contribution in [3.8, 4) is 0 Å². The number of carbonyl (C=O) groups is 1. The lowest BCUT2D eigenvalue weighted by Gasteiger charge is -2.26. The molecule has 0 bridgehead atoms. The zero-order valence-corrected chi connectivity index (χ0v) is 11.3. The molecule has 0 aromatic carbocycles. The number of hydrogen-bond acceptors (Lipinski definition) is 4. The topological polar surface area (TPSA) is 58.1 Å². The van der Waals surface area contributed by atoms with E-state index in [2.05, 4.69) is 15.5 Å². The number of piperidine rings is 1. The van der Waals surface area contributed by atoms with Gasteiger partial charge in [-0.05, 0) is 19.3 Å². The van der Waals surface area contributed by atoms with Crippen molar-refractivity contribution in [1.29, 1.82) is 0 Å². The van der Waals surface area contributed by atoms with Crippen LogP contribution in [0.3, 0.4) is 0 Å². The number of anilines is 1. The molecule has 7 heteroatoms. The molecule has 1 amide bonds. The molecule has 1 N–H and O–H groups in total. The van der Waals surface area contributed by atoms with E-state index in [1.54, 1.807) is 6.07 Å². The lowest BCUT2D eigenvalue weighted by atomic mass is 10.1. The van der Waals surface area contributed by atoms with Crippen molar-refractivity contribution in [1.82, 2.24) is 15.1 Å². The van der Waals surface area contributed by atoms with Crippen LogP contribution in [0.2, 0.25) is 10.3 Å². The number of nitrogens with zero attached hydrogens (tertiary/aromatic N) is 3. The molecule has 0 unspecified atom stereocenters. The zero-order chi connectivity index (χ0) is 13.0. The first kappa shape index (κ1) is 13.4. The molecule has 1 aliphatic rings. The van der Waals surface area contributed by atoms with Crippen LogP contribution < -0.4 is 5.32 Å². The van der Waals surface area contributed by atoms with E-state index in [1.165, 1.54) is 6.42 Å². The fourth-order valence-electron chi connectivity index (χ4n) is 1.90. The summed E-state index contributed by atoms with van der Waals surface area (Å²) in [6, 6.07) is 1.56. The highest BCUT2D eigenvalue weighted by atomic mass is 35.5. The lowest BCUT2D eigenvalue weighted by Crippen LogP contribution is -2.39. The van der Waals surface area contributed by atoms with Crippen molar-refractivity contribution < 1.29 is 4.79 Å². The monoisotopic (exact) mass is 288 g/mol. The third-order valence-electron chi connectivity index (χ3n) is 2.86. The molecule has 18 heavy (non-hydrogen) atoms. The zero-order valence-electron chi connectivity index (χ0n) is 9.83. The second kappa shape index (κ2) is 6.20. The van der Waals surface area contributed by atoms with Gasteiger partial charge in [0.2, 0.25) is 5.91 Å². The predicted octanol–water partition coefficient (Wildman–Crippen LogP) is 2.21. The van der Waals surface area contributed by atoms with Crippen LogP contribution in [0.15, 0.2) is 6.07 Å². The van der Waals surface area contributed by atoms with Gasteiger partial charge in [-0.2, -0.15) is 0 Å². The van der Waals surface area contributed by atoms with Gasteiger partial charge in [0.25, 0.3) is 0 Å². The minimum absolute atomic E-state index is 0.0682. The fourth-order valence-corrected chi connectivity index (χ4v) is 2.21. The molecule has 0 aliphatic carbocycles. The van der Waals surface area contributed by atoms with Crippen LogP contribution in [0, 0.1) is 0 Å². The maximum absolute atomic E-state index is 11.9. The molecular formula is C11H14Cl2N4O. The molecule has 1 saturated heterocycles. The Morgan fingerprint density at radius 1 is 1.28 bits per heavy atom. The van der Waals surface area contributed by atoms with E-state index in [9.17, 15) is 4.79 Å². The largest absolute Gasteiger partial charge is 0.373 e. The summed E-state index contributed by atoms with van der Waals surface area (Å²) in [6.07, 6.45) is 3.36. The van der Waals surface area contributed by atoms with Gasteiger partial charge < -0.3 is 10.2 Å². The first-order chi connectivity index (χ1) is 8.66. The van der Waals surface area contributed by atoms with Crippen molar-refractivity contribution in [3.05, 3.63) is 16.4 Å². The summed E-state index contributed by atoms with van der Waals surface area (Å²) in [5, 5.41) is 10.7. The summed E-state index contributed by atoms with van der Waals surface area (Å²) in [5.74, 6) is 0.0682. The maximum atomic E-state index is 11.9. The van der Waals surface area contributed by atoms with E-state index in [4.69, 9.17) is 23.2 Å². The number of nitrogens with one attached hydrogen (secondary N) is 1. The van der Waals surface area contributed by atoms with Gasteiger partial charge in [0.1, 0.15) is 0 Å². The van der Waals surface area contributed by atoms with E-state index in [0.717, 1.165) is 25.9 Å². The molecule has 1 aliphatic heterocycles. The molecule has 0 spiro atoms. The van der Waals surface area contributed by atoms with Crippen LogP contribution in [0.1, 0.15) is 19.3 Å². The molecule has 2 rings (SSSR count). The van der Waals surface area contributed by atoms with Gasteiger partial charge in [0.05, 0.1) is 12.2 Å². The Morgan fingerprint density at radius 2 is 2.00 bits per heavy atom. The number of halogens is 2. The molecule has 98 valence electrons. The van der Waals surface area contributed by atoms with Gasteiger partial charge in [-0.25, -0.2) is 0 Å². The van der Waals surface area contributed by atoms with Crippen LogP contribution in [0.5, 0.6) is 0 Å². The van der Waals surface area contributed by atoms with E-state index in [-0.39, 0.29) is 22.8 Å². The molecule has 0 radical (unpaired) electrons. The maximum Gasteiger partial charge on any atom is 0.241 e. The highest BCUT2D eigenvalue weighted by molar-refractivity contribution is 6.33. The first-order valence-corrected chi connectivity index (χ1v) is 6.63. The molecule has 1 fully saturated rings. The van der Waals surface area contributed by atoms with E-state index in [1.807, 2.05) is 4.90 Å². The normalized spacial score (nSPS) is 15.6. The summed E-state index contributed by atoms with van der Waals surface area (Å²) in [7, 11) is 0. The van der Waals surface area contributed by atoms with E-state index >= 15 is 0 Å². The summed E-state index contributed by atoms with van der Waals surface area (Å²) in [4.78, 5) is 13.8. The molecule has 2 heterocycles. The Morgan fingerprint density at radius 3 is 2.72 bits per heavy atom. The molecular weight excluding hydrogens is 275 g/mol. The third kappa shape index (κ3) is 3.46. The Bertz CT molecular complexity index is 435. The van der Waals surface area contributed by atoms with E-state index in [0.29, 0.717) is 5.69 Å². The van der Waals surface area contributed by atoms with Gasteiger partial charge in [-0.1, -0.05) is 23.2 Å². The number of carbonyl (C=O) groups excluding carboxylic acids is 1. The molecule has 0 atom stereocenters. The van der Waals surface area contributed by atoms with E-state index < -0.39 is 0 Å². The summed E-state index contributed by atoms with van der Waals surface area (Å²) in [6.45, 7) is 1.87. The van der Waals surface area contributed by atoms with Crippen LogP contribution in [0.4, 0.5) is 5.69 Å². The number of aromatic nitrogens is 2. The van der Waals surface area contributed by atoms with Gasteiger partial charge >= 0.3 is 0 Å². The minimum atomic E-state index is 0.0682. The summed E-state index contributed by atoms with van der Waals surface area (Å²) in [5.41, 5.74) is 0.530. The fraction of sp³-hybridized carbons (Fsp3) is 0.545. The van der Waals surface area contributed by atoms with Crippen LogP contribution in [0.25, 0.3) is 0 Å². The lowest BCUT2D eigenvalue weighted by molar-refractivity contribution is -0.130. The average Bonchev–Trinajstić information content (AvgIpc) is 2.40. The summed E-state index contributed by atoms with van der Waals surface area (Å²) < 4.78 is 0. The van der Waals surface area contributed by atoms with Crippen molar-refractivity contribution in [2.75, 3.05) is 25.0 Å². The molecule has 1 aromatic rings. The van der Waals surface area contributed by atoms with Gasteiger partial charge in [0, 0.05) is 19.2 Å². The summed E-state index contributed by atoms with van der Waals surface area (Å²) >= 11 is 11.6. The number of likely N-dealkylation sites (tertiary alicyclic amines) is 1. The highest BCUT2D eigenvalue weighted by Gasteiger charge is 2.16. The number of hydrogen-bond donors (Lipinski definition) is 1. The van der Waals surface area contributed by atoms with Crippen LogP contribution >= 0.6 is 23.2 Å². The molecule has 1 aromatic heterocycles. The SMILES string of the molecule is O=C(CNc1cc(Cl)nnc1Cl)N1CCCCC1. The average molecular weight is 289 g/mol. The van der Waals surface area contributed by atoms with Crippen molar-refractivity contribution in [2.24, 2.45) is 0 Å². The molecule has 5 nitrogen and oxygen atoms in total. The van der Waals surface area contributed by atoms with Crippen molar-refractivity contribution in [2.45, 2.75) is 19.3 Å². The Kier molecular flexibility index (Phi) is 4.60. The van der Waals surface area contributed by atoms with Crippen molar-refractivity contribution >= 4 is 34.8 Å². The smallest absolute Gasteiger partial charge is 0.241 e. The quantitative estimate of drug-likeness (QED) is 0.926. The first-order valence-electron chi connectivity index (χ1n) is 5.87. The Hall–Kier alpha value is -1.07. The third-order valence-corrected chi connectivity index (χ3v) is 3.32. The number of amides is 1. The van der Waals surface area contributed by atoms with Gasteiger partial charge in [0.15, 0.2) is 10.3 Å². The van der Waals surface area contributed by atoms with Gasteiger partial charge in [-0.3, -0.25) is 4.79 Å². The standard InChI is InChI=1S/C11H14Cl2N4O/c12-9-6-8(11(13)16-15-9)14-7-10(18)17-4-2-1-3-5-17/h6H,1-5,7H2,(H,14,15). The predicted molar refractivity (Wildman–Crippen MR) is 71.0 cm³/mol. The van der Waals surface area contributed by atoms with Gasteiger partial charge in [-0.15, -0.1) is 10.2 Å². The Labute approximate surface area is 115 Å².